The van der Waals surface area contributed by atoms with Gasteiger partial charge in [0.15, 0.2) is 0 Å². The number of hydrogen-bond acceptors (Lipinski definition) is 4. The van der Waals surface area contributed by atoms with Crippen LogP contribution in [0.1, 0.15) is 5.56 Å². The van der Waals surface area contributed by atoms with Crippen LogP contribution in [0.3, 0.4) is 0 Å². The lowest BCUT2D eigenvalue weighted by atomic mass is 10.2. The fourth-order valence-electron chi connectivity index (χ4n) is 2.03. The van der Waals surface area contributed by atoms with E-state index >= 15 is 0 Å². The van der Waals surface area contributed by atoms with Gasteiger partial charge in [-0.25, -0.2) is 8.42 Å². The third-order valence-corrected chi connectivity index (χ3v) is 5.91. The number of thiocarbonyl (C=S) groups is 1. The average molecular weight is 334 g/mol. The first-order valence-electron chi connectivity index (χ1n) is 6.10. The van der Waals surface area contributed by atoms with Crippen molar-refractivity contribution in [1.29, 1.82) is 0 Å². The summed E-state index contributed by atoms with van der Waals surface area (Å²) in [5.41, 5.74) is 6.06. The molecule has 0 saturated carbocycles. The molecule has 1 heterocycles. The smallest absolute Gasteiger partial charge is 0.244 e. The van der Waals surface area contributed by atoms with E-state index in [1.165, 1.54) is 16.4 Å². The van der Waals surface area contributed by atoms with Gasteiger partial charge in [0.25, 0.3) is 0 Å². The van der Waals surface area contributed by atoms with E-state index in [4.69, 9.17) is 29.6 Å². The van der Waals surface area contributed by atoms with Crippen LogP contribution in [-0.4, -0.2) is 55.8 Å². The number of hydrogen-bond donors (Lipinski definition) is 1. The van der Waals surface area contributed by atoms with Gasteiger partial charge in [-0.05, 0) is 19.2 Å². The van der Waals surface area contributed by atoms with Crippen molar-refractivity contribution in [2.24, 2.45) is 5.73 Å². The summed E-state index contributed by atoms with van der Waals surface area (Å²) in [5, 5.41) is 0.147. The molecule has 0 radical (unpaired) electrons. The number of nitrogens with zero attached hydrogens (tertiary/aromatic N) is 2. The summed E-state index contributed by atoms with van der Waals surface area (Å²) in [6.07, 6.45) is 0. The van der Waals surface area contributed by atoms with Gasteiger partial charge in [0, 0.05) is 31.7 Å². The monoisotopic (exact) mass is 333 g/mol. The zero-order chi connectivity index (χ0) is 14.9. The second kappa shape index (κ2) is 5.95. The summed E-state index contributed by atoms with van der Waals surface area (Å²) in [7, 11) is -1.60. The molecular weight excluding hydrogens is 318 g/mol. The normalized spacial score (nSPS) is 18.1. The molecule has 5 nitrogen and oxygen atoms in total. The highest BCUT2D eigenvalue weighted by atomic mass is 35.5. The molecule has 110 valence electrons. The largest absolute Gasteiger partial charge is 0.389 e. The topological polar surface area (TPSA) is 66.6 Å². The Kier molecular flexibility index (Phi) is 4.66. The Balaban J connectivity index is 2.32. The second-order valence-corrected chi connectivity index (χ2v) is 7.47. The maximum absolute atomic E-state index is 12.6. The molecule has 1 aromatic rings. The fourth-order valence-corrected chi connectivity index (χ4v) is 4.10. The highest BCUT2D eigenvalue weighted by molar-refractivity contribution is 7.89. The third kappa shape index (κ3) is 3.12. The second-order valence-electron chi connectivity index (χ2n) is 4.72. The van der Waals surface area contributed by atoms with Crippen LogP contribution in [0.5, 0.6) is 0 Å². The number of halogens is 1. The maximum atomic E-state index is 12.6. The molecule has 2 N–H and O–H groups in total. The molecule has 1 saturated heterocycles. The summed E-state index contributed by atoms with van der Waals surface area (Å²) >= 11 is 10.9. The summed E-state index contributed by atoms with van der Waals surface area (Å²) in [5.74, 6) is 0. The first-order chi connectivity index (χ1) is 9.32. The minimum absolute atomic E-state index is 0.101. The molecule has 0 bridgehead atoms. The Hall–Kier alpha value is -0.730. The lowest BCUT2D eigenvalue weighted by Crippen LogP contribution is -2.47. The van der Waals surface area contributed by atoms with Gasteiger partial charge in [0.05, 0.1) is 5.02 Å². The highest BCUT2D eigenvalue weighted by Gasteiger charge is 2.29. The minimum atomic E-state index is -3.57. The van der Waals surface area contributed by atoms with E-state index in [-0.39, 0.29) is 14.9 Å². The number of nitrogens with two attached hydrogens (primary N) is 1. The van der Waals surface area contributed by atoms with Gasteiger partial charge in [-0.2, -0.15) is 4.31 Å². The molecule has 1 fully saturated rings. The van der Waals surface area contributed by atoms with E-state index in [2.05, 4.69) is 4.90 Å². The van der Waals surface area contributed by atoms with Crippen molar-refractivity contribution in [2.45, 2.75) is 4.90 Å². The van der Waals surface area contributed by atoms with Gasteiger partial charge in [-0.1, -0.05) is 29.9 Å². The van der Waals surface area contributed by atoms with Gasteiger partial charge >= 0.3 is 0 Å². The van der Waals surface area contributed by atoms with E-state index in [1.54, 1.807) is 6.07 Å². The Bertz CT molecular complexity index is 626. The average Bonchev–Trinajstić information content (AvgIpc) is 2.38. The van der Waals surface area contributed by atoms with Gasteiger partial charge in [0.1, 0.15) is 9.88 Å². The standard InChI is InChI=1S/C12H16ClN3O2S2/c1-15-4-6-16(7-5-15)20(17,18)11-3-2-9(12(14)19)8-10(11)13/h2-3,8H,4-7H2,1H3,(H2,14,19). The van der Waals surface area contributed by atoms with Crippen LogP contribution < -0.4 is 5.73 Å². The van der Waals surface area contributed by atoms with Crippen LogP contribution in [0.15, 0.2) is 23.1 Å². The Morgan fingerprint density at radius 1 is 1.30 bits per heavy atom. The molecule has 8 heteroatoms. The Morgan fingerprint density at radius 2 is 1.90 bits per heavy atom. The first-order valence-corrected chi connectivity index (χ1v) is 8.33. The number of piperazine rings is 1. The number of rotatable bonds is 3. The number of benzene rings is 1. The van der Waals surface area contributed by atoms with E-state index in [0.29, 0.717) is 31.7 Å². The summed E-state index contributed by atoms with van der Waals surface area (Å²) < 4.78 is 26.6. The molecular formula is C12H16ClN3O2S2. The van der Waals surface area contributed by atoms with E-state index in [9.17, 15) is 8.42 Å². The van der Waals surface area contributed by atoms with Crippen molar-refractivity contribution in [3.63, 3.8) is 0 Å². The van der Waals surface area contributed by atoms with Gasteiger partial charge in [0.2, 0.25) is 10.0 Å². The summed E-state index contributed by atoms with van der Waals surface area (Å²) in [6.45, 7) is 2.35. The van der Waals surface area contributed by atoms with E-state index in [0.717, 1.165) is 0 Å². The first kappa shape index (κ1) is 15.7. The Morgan fingerprint density at radius 3 is 2.40 bits per heavy atom. The molecule has 0 aromatic heterocycles. The van der Waals surface area contributed by atoms with Crippen LogP contribution in [-0.2, 0) is 10.0 Å². The molecule has 0 spiro atoms. The Labute approximate surface area is 129 Å². The van der Waals surface area contributed by atoms with Crippen molar-refractivity contribution < 1.29 is 8.42 Å². The van der Waals surface area contributed by atoms with Crippen molar-refractivity contribution in [3.05, 3.63) is 28.8 Å². The SMILES string of the molecule is CN1CCN(S(=O)(=O)c2ccc(C(N)=S)cc2Cl)CC1. The molecule has 0 aliphatic carbocycles. The van der Waals surface area contributed by atoms with Crippen LogP contribution in [0.4, 0.5) is 0 Å². The van der Waals surface area contributed by atoms with Crippen LogP contribution >= 0.6 is 23.8 Å². The zero-order valence-corrected chi connectivity index (χ0v) is 13.4. The van der Waals surface area contributed by atoms with Crippen LogP contribution in [0.2, 0.25) is 5.02 Å². The minimum Gasteiger partial charge on any atom is -0.389 e. The van der Waals surface area contributed by atoms with Gasteiger partial charge < -0.3 is 10.6 Å². The lowest BCUT2D eigenvalue weighted by molar-refractivity contribution is 0.222. The fraction of sp³-hybridized carbons (Fsp3) is 0.417. The molecule has 1 aromatic carbocycles. The van der Waals surface area contributed by atoms with E-state index < -0.39 is 10.0 Å². The van der Waals surface area contributed by atoms with Crippen molar-refractivity contribution in [2.75, 3.05) is 33.2 Å². The molecule has 1 aliphatic rings. The maximum Gasteiger partial charge on any atom is 0.244 e. The zero-order valence-electron chi connectivity index (χ0n) is 11.0. The molecule has 0 unspecified atom stereocenters. The summed E-state index contributed by atoms with van der Waals surface area (Å²) in [4.78, 5) is 2.38. The predicted octanol–water partition coefficient (Wildman–Crippen LogP) is 0.910. The summed E-state index contributed by atoms with van der Waals surface area (Å²) in [6, 6.07) is 4.54. The predicted molar refractivity (Wildman–Crippen MR) is 83.6 cm³/mol. The molecule has 1 aliphatic heterocycles. The highest BCUT2D eigenvalue weighted by Crippen LogP contribution is 2.26. The molecule has 0 amide bonds. The molecule has 2 rings (SSSR count). The molecule has 0 atom stereocenters. The van der Waals surface area contributed by atoms with Crippen molar-refractivity contribution in [3.8, 4) is 0 Å². The molecule has 20 heavy (non-hydrogen) atoms. The van der Waals surface area contributed by atoms with Crippen LogP contribution in [0.25, 0.3) is 0 Å². The van der Waals surface area contributed by atoms with Gasteiger partial charge in [-0.3, -0.25) is 0 Å². The van der Waals surface area contributed by atoms with Crippen molar-refractivity contribution in [1.82, 2.24) is 9.21 Å². The third-order valence-electron chi connectivity index (χ3n) is 3.30. The lowest BCUT2D eigenvalue weighted by Gasteiger charge is -2.31. The van der Waals surface area contributed by atoms with Crippen molar-refractivity contribution >= 4 is 38.8 Å². The van der Waals surface area contributed by atoms with E-state index in [1.807, 2.05) is 7.05 Å². The van der Waals surface area contributed by atoms with Crippen LogP contribution in [0, 0.1) is 0 Å². The van der Waals surface area contributed by atoms with Gasteiger partial charge in [-0.15, -0.1) is 0 Å². The number of sulfonamides is 1. The number of likely N-dealkylation sites (N-methyl/N-ethyl adjacent to an activating group) is 1. The quantitative estimate of drug-likeness (QED) is 0.833.